The summed E-state index contributed by atoms with van der Waals surface area (Å²) in [4.78, 5) is 0. The maximum absolute atomic E-state index is 6.04. The van der Waals surface area contributed by atoms with Crippen LogP contribution in [0.3, 0.4) is 0 Å². The van der Waals surface area contributed by atoms with Crippen LogP contribution >= 0.6 is 0 Å². The Bertz CT molecular complexity index is 256. The van der Waals surface area contributed by atoms with E-state index in [1.165, 1.54) is 0 Å². The van der Waals surface area contributed by atoms with Crippen molar-refractivity contribution < 1.29 is 4.52 Å². The number of hydrogen-bond acceptors (Lipinski definition) is 3. The third kappa shape index (κ3) is 0.973. The van der Waals surface area contributed by atoms with Gasteiger partial charge in [-0.3, -0.25) is 0 Å². The Morgan fingerprint density at radius 3 is 2.73 bits per heavy atom. The van der Waals surface area contributed by atoms with Crippen LogP contribution in [-0.2, 0) is 5.54 Å². The molecule has 0 saturated heterocycles. The minimum absolute atomic E-state index is 0.299. The van der Waals surface area contributed by atoms with E-state index in [1.54, 1.807) is 6.26 Å². The van der Waals surface area contributed by atoms with E-state index in [0.717, 1.165) is 18.5 Å². The van der Waals surface area contributed by atoms with Gasteiger partial charge in [-0.1, -0.05) is 17.3 Å². The normalized spacial score (nSPS) is 20.8. The molecule has 1 aromatic heterocycles. The lowest BCUT2D eigenvalue weighted by Crippen LogP contribution is -2.33. The maximum atomic E-state index is 6.04. The highest BCUT2D eigenvalue weighted by Gasteiger charge is 2.30. The maximum Gasteiger partial charge on any atom is 0.124 e. The van der Waals surface area contributed by atoms with Crippen LogP contribution in [0.15, 0.2) is 29.0 Å². The quantitative estimate of drug-likeness (QED) is 0.611. The van der Waals surface area contributed by atoms with E-state index in [-0.39, 0.29) is 5.54 Å². The van der Waals surface area contributed by atoms with E-state index in [2.05, 4.69) is 17.3 Å². The van der Waals surface area contributed by atoms with Crippen LogP contribution in [0.1, 0.15) is 18.5 Å². The summed E-state index contributed by atoms with van der Waals surface area (Å²) in [6, 6.07) is 1.83. The number of nitrogens with zero attached hydrogens (tertiary/aromatic N) is 1. The molecular weight excluding hydrogens is 140 g/mol. The Morgan fingerprint density at radius 2 is 2.18 bits per heavy atom. The molecule has 1 aromatic rings. The first-order valence-electron chi connectivity index (χ1n) is 3.66. The fourth-order valence-electron chi connectivity index (χ4n) is 1.35. The zero-order chi connectivity index (χ0) is 7.73. The molecule has 0 amide bonds. The van der Waals surface area contributed by atoms with E-state index in [1.807, 2.05) is 6.07 Å². The summed E-state index contributed by atoms with van der Waals surface area (Å²) >= 11 is 0. The van der Waals surface area contributed by atoms with Gasteiger partial charge in [-0.05, 0) is 12.8 Å². The van der Waals surface area contributed by atoms with Crippen LogP contribution in [0, 0.1) is 0 Å². The molecule has 11 heavy (non-hydrogen) atoms. The molecule has 1 aliphatic rings. The highest BCUT2D eigenvalue weighted by Crippen LogP contribution is 2.30. The molecule has 0 aliphatic heterocycles. The summed E-state index contributed by atoms with van der Waals surface area (Å²) in [5.41, 5.74) is 6.59. The molecule has 2 N–H and O–H groups in total. The summed E-state index contributed by atoms with van der Waals surface area (Å²) in [6.07, 6.45) is 7.44. The SMILES string of the molecule is NC1(c2ccon2)CC=CC1. The summed E-state index contributed by atoms with van der Waals surface area (Å²) < 4.78 is 4.73. The third-order valence-electron chi connectivity index (χ3n) is 2.08. The minimum Gasteiger partial charge on any atom is -0.364 e. The number of hydrogen-bond donors (Lipinski definition) is 1. The van der Waals surface area contributed by atoms with Crippen LogP contribution in [0.4, 0.5) is 0 Å². The number of rotatable bonds is 1. The van der Waals surface area contributed by atoms with Crippen LogP contribution in [-0.4, -0.2) is 5.16 Å². The average Bonchev–Trinajstić information content (AvgIpc) is 2.55. The predicted molar refractivity (Wildman–Crippen MR) is 40.7 cm³/mol. The van der Waals surface area contributed by atoms with Crippen molar-refractivity contribution in [2.45, 2.75) is 18.4 Å². The largest absolute Gasteiger partial charge is 0.364 e. The molecule has 2 rings (SSSR count). The molecule has 0 spiro atoms. The number of aromatic nitrogens is 1. The molecule has 0 aromatic carbocycles. The van der Waals surface area contributed by atoms with Gasteiger partial charge in [0, 0.05) is 6.07 Å². The first kappa shape index (κ1) is 6.61. The highest BCUT2D eigenvalue weighted by atomic mass is 16.5. The van der Waals surface area contributed by atoms with Gasteiger partial charge >= 0.3 is 0 Å². The monoisotopic (exact) mass is 150 g/mol. The van der Waals surface area contributed by atoms with Crippen molar-refractivity contribution in [2.75, 3.05) is 0 Å². The van der Waals surface area contributed by atoms with Gasteiger partial charge in [0.25, 0.3) is 0 Å². The first-order valence-corrected chi connectivity index (χ1v) is 3.66. The van der Waals surface area contributed by atoms with Gasteiger partial charge in [0.1, 0.15) is 12.0 Å². The Hall–Kier alpha value is -1.09. The lowest BCUT2D eigenvalue weighted by atomic mass is 9.94. The van der Waals surface area contributed by atoms with Gasteiger partial charge in [-0.2, -0.15) is 0 Å². The van der Waals surface area contributed by atoms with E-state index in [4.69, 9.17) is 10.3 Å². The van der Waals surface area contributed by atoms with Gasteiger partial charge in [0.2, 0.25) is 0 Å². The average molecular weight is 150 g/mol. The zero-order valence-corrected chi connectivity index (χ0v) is 6.16. The van der Waals surface area contributed by atoms with Crippen LogP contribution in [0.5, 0.6) is 0 Å². The Labute approximate surface area is 64.9 Å². The van der Waals surface area contributed by atoms with Crippen molar-refractivity contribution >= 4 is 0 Å². The van der Waals surface area contributed by atoms with Crippen molar-refractivity contribution in [3.05, 3.63) is 30.2 Å². The van der Waals surface area contributed by atoms with Crippen LogP contribution in [0.2, 0.25) is 0 Å². The molecule has 1 heterocycles. The molecule has 0 unspecified atom stereocenters. The lowest BCUT2D eigenvalue weighted by Gasteiger charge is -2.19. The van der Waals surface area contributed by atoms with Gasteiger partial charge in [-0.25, -0.2) is 0 Å². The Morgan fingerprint density at radius 1 is 1.45 bits per heavy atom. The molecule has 3 nitrogen and oxygen atoms in total. The molecule has 0 bridgehead atoms. The second kappa shape index (κ2) is 2.20. The van der Waals surface area contributed by atoms with E-state index >= 15 is 0 Å². The predicted octanol–water partition coefficient (Wildman–Crippen LogP) is 1.18. The second-order valence-electron chi connectivity index (χ2n) is 2.92. The van der Waals surface area contributed by atoms with Crippen molar-refractivity contribution in [3.8, 4) is 0 Å². The van der Waals surface area contributed by atoms with Gasteiger partial charge in [0.15, 0.2) is 0 Å². The summed E-state index contributed by atoms with van der Waals surface area (Å²) in [5.74, 6) is 0. The van der Waals surface area contributed by atoms with Crippen molar-refractivity contribution in [2.24, 2.45) is 5.73 Å². The molecule has 3 heteroatoms. The molecule has 0 radical (unpaired) electrons. The standard InChI is InChI=1S/C8H10N2O/c9-8(4-1-2-5-8)7-3-6-11-10-7/h1-3,6H,4-5,9H2. The number of nitrogens with two attached hydrogens (primary N) is 1. The van der Waals surface area contributed by atoms with Gasteiger partial charge in [-0.15, -0.1) is 0 Å². The molecule has 1 aliphatic carbocycles. The van der Waals surface area contributed by atoms with Gasteiger partial charge in [0.05, 0.1) is 5.54 Å². The van der Waals surface area contributed by atoms with Crippen LogP contribution < -0.4 is 5.73 Å². The highest BCUT2D eigenvalue weighted by molar-refractivity contribution is 5.19. The molecule has 0 saturated carbocycles. The molecular formula is C8H10N2O. The summed E-state index contributed by atoms with van der Waals surface area (Å²) in [6.45, 7) is 0. The molecule has 58 valence electrons. The van der Waals surface area contributed by atoms with E-state index in [9.17, 15) is 0 Å². The Kier molecular flexibility index (Phi) is 1.32. The third-order valence-corrected chi connectivity index (χ3v) is 2.08. The molecule has 0 atom stereocenters. The van der Waals surface area contributed by atoms with Crippen molar-refractivity contribution in [3.63, 3.8) is 0 Å². The van der Waals surface area contributed by atoms with Crippen LogP contribution in [0.25, 0.3) is 0 Å². The van der Waals surface area contributed by atoms with Crippen molar-refractivity contribution in [1.29, 1.82) is 0 Å². The van der Waals surface area contributed by atoms with E-state index in [0.29, 0.717) is 0 Å². The van der Waals surface area contributed by atoms with Gasteiger partial charge < -0.3 is 10.3 Å². The smallest absolute Gasteiger partial charge is 0.124 e. The zero-order valence-electron chi connectivity index (χ0n) is 6.16. The topological polar surface area (TPSA) is 52.0 Å². The van der Waals surface area contributed by atoms with Crippen molar-refractivity contribution in [1.82, 2.24) is 5.16 Å². The lowest BCUT2D eigenvalue weighted by molar-refractivity contribution is 0.373. The Balaban J connectivity index is 2.29. The summed E-state index contributed by atoms with van der Waals surface area (Å²) in [5, 5.41) is 3.83. The summed E-state index contributed by atoms with van der Waals surface area (Å²) in [7, 11) is 0. The fourth-order valence-corrected chi connectivity index (χ4v) is 1.35. The molecule has 0 fully saturated rings. The fraction of sp³-hybridized carbons (Fsp3) is 0.375. The minimum atomic E-state index is -0.299. The van der Waals surface area contributed by atoms with E-state index < -0.39 is 0 Å². The first-order chi connectivity index (χ1) is 5.31. The second-order valence-corrected chi connectivity index (χ2v) is 2.92.